The summed E-state index contributed by atoms with van der Waals surface area (Å²) >= 11 is 0. The number of amides is 1. The predicted molar refractivity (Wildman–Crippen MR) is 73.1 cm³/mol. The lowest BCUT2D eigenvalue weighted by molar-refractivity contribution is -0.141. The van der Waals surface area contributed by atoms with Gasteiger partial charge in [-0.15, -0.1) is 0 Å². The molecule has 1 aliphatic rings. The Hall–Kier alpha value is -1.42. The zero-order valence-corrected chi connectivity index (χ0v) is 11.6. The number of rotatable bonds is 3. The Bertz CT molecular complexity index is 455. The summed E-state index contributed by atoms with van der Waals surface area (Å²) in [6, 6.07) is 6.42. The molecule has 1 amide bonds. The molecule has 4 heteroatoms. The average molecular weight is 264 g/mol. The molecule has 0 spiro atoms. The Morgan fingerprint density at radius 1 is 1.42 bits per heavy atom. The average Bonchev–Trinajstić information content (AvgIpc) is 2.38. The molecule has 3 nitrogen and oxygen atoms in total. The lowest BCUT2D eigenvalue weighted by atomic mass is 9.79. The van der Waals surface area contributed by atoms with Gasteiger partial charge in [-0.2, -0.15) is 0 Å². The highest BCUT2D eigenvalue weighted by atomic mass is 19.1. The van der Waals surface area contributed by atoms with Crippen LogP contribution in [0.2, 0.25) is 0 Å². The van der Waals surface area contributed by atoms with Gasteiger partial charge in [-0.05, 0) is 43.6 Å². The maximum atomic E-state index is 13.1. The van der Waals surface area contributed by atoms with Crippen molar-refractivity contribution in [3.05, 3.63) is 35.6 Å². The number of nitrogens with zero attached hydrogens (tertiary/aromatic N) is 1. The van der Waals surface area contributed by atoms with Gasteiger partial charge >= 0.3 is 0 Å². The molecule has 19 heavy (non-hydrogen) atoms. The number of hydrogen-bond donors (Lipinski definition) is 1. The van der Waals surface area contributed by atoms with Crippen molar-refractivity contribution in [3.8, 4) is 0 Å². The van der Waals surface area contributed by atoms with Gasteiger partial charge in [0.2, 0.25) is 5.91 Å². The van der Waals surface area contributed by atoms with Gasteiger partial charge in [0, 0.05) is 19.0 Å². The largest absolute Gasteiger partial charge is 0.341 e. The minimum absolute atomic E-state index is 0.151. The zero-order valence-electron chi connectivity index (χ0n) is 11.6. The molecule has 2 rings (SSSR count). The SMILES string of the molecule is CN(Cc1cccc(F)c1)C(=O)C1(C)CCNCC1. The van der Waals surface area contributed by atoms with E-state index in [1.54, 1.807) is 18.0 Å². The summed E-state index contributed by atoms with van der Waals surface area (Å²) in [5.74, 6) is -0.107. The van der Waals surface area contributed by atoms with Crippen molar-refractivity contribution >= 4 is 5.91 Å². The second-order valence-electron chi connectivity index (χ2n) is 5.60. The van der Waals surface area contributed by atoms with Crippen LogP contribution >= 0.6 is 0 Å². The fourth-order valence-electron chi connectivity index (χ4n) is 2.63. The summed E-state index contributed by atoms with van der Waals surface area (Å²) in [7, 11) is 1.79. The smallest absolute Gasteiger partial charge is 0.228 e. The molecule has 0 unspecified atom stereocenters. The number of halogens is 1. The van der Waals surface area contributed by atoms with Crippen molar-refractivity contribution in [2.45, 2.75) is 26.3 Å². The first-order chi connectivity index (χ1) is 9.01. The Morgan fingerprint density at radius 2 is 2.11 bits per heavy atom. The monoisotopic (exact) mass is 264 g/mol. The number of benzene rings is 1. The number of hydrogen-bond acceptors (Lipinski definition) is 2. The van der Waals surface area contributed by atoms with Gasteiger partial charge in [0.05, 0.1) is 0 Å². The third-order valence-corrected chi connectivity index (χ3v) is 3.88. The summed E-state index contributed by atoms with van der Waals surface area (Å²) in [4.78, 5) is 14.2. The first-order valence-corrected chi connectivity index (χ1v) is 6.72. The van der Waals surface area contributed by atoms with Crippen LogP contribution in [0.25, 0.3) is 0 Å². The summed E-state index contributed by atoms with van der Waals surface area (Å²) < 4.78 is 13.1. The van der Waals surface area contributed by atoms with Crippen LogP contribution in [-0.4, -0.2) is 30.9 Å². The van der Waals surface area contributed by atoms with Gasteiger partial charge in [0.25, 0.3) is 0 Å². The molecule has 1 fully saturated rings. The van der Waals surface area contributed by atoms with E-state index in [0.29, 0.717) is 6.54 Å². The Morgan fingerprint density at radius 3 is 2.74 bits per heavy atom. The van der Waals surface area contributed by atoms with Gasteiger partial charge in [0.1, 0.15) is 5.82 Å². The topological polar surface area (TPSA) is 32.3 Å². The highest BCUT2D eigenvalue weighted by Crippen LogP contribution is 2.30. The Balaban J connectivity index is 2.03. The quantitative estimate of drug-likeness (QED) is 0.907. The van der Waals surface area contributed by atoms with Crippen molar-refractivity contribution in [2.24, 2.45) is 5.41 Å². The zero-order chi connectivity index (χ0) is 13.9. The van der Waals surface area contributed by atoms with Gasteiger partial charge in [-0.3, -0.25) is 4.79 Å². The molecule has 0 radical (unpaired) electrons. The molecule has 1 aromatic rings. The molecular formula is C15H21FN2O. The van der Waals surface area contributed by atoms with Crippen molar-refractivity contribution in [2.75, 3.05) is 20.1 Å². The van der Waals surface area contributed by atoms with Crippen LogP contribution in [-0.2, 0) is 11.3 Å². The third kappa shape index (κ3) is 3.32. The fraction of sp³-hybridized carbons (Fsp3) is 0.533. The highest BCUT2D eigenvalue weighted by Gasteiger charge is 2.36. The third-order valence-electron chi connectivity index (χ3n) is 3.88. The van der Waals surface area contributed by atoms with Crippen LogP contribution in [0.3, 0.4) is 0 Å². The van der Waals surface area contributed by atoms with E-state index in [-0.39, 0.29) is 17.1 Å². The molecule has 0 atom stereocenters. The van der Waals surface area contributed by atoms with E-state index >= 15 is 0 Å². The van der Waals surface area contributed by atoms with Crippen LogP contribution in [0.5, 0.6) is 0 Å². The maximum absolute atomic E-state index is 13.1. The van der Waals surface area contributed by atoms with Crippen LogP contribution < -0.4 is 5.32 Å². The molecule has 1 aliphatic heterocycles. The van der Waals surface area contributed by atoms with Gasteiger partial charge in [0.15, 0.2) is 0 Å². The fourth-order valence-corrected chi connectivity index (χ4v) is 2.63. The first-order valence-electron chi connectivity index (χ1n) is 6.72. The standard InChI is InChI=1S/C15H21FN2O/c1-15(6-8-17-9-7-15)14(19)18(2)11-12-4-3-5-13(16)10-12/h3-5,10,17H,6-9,11H2,1-2H3. The maximum Gasteiger partial charge on any atom is 0.228 e. The van der Waals surface area contributed by atoms with Crippen molar-refractivity contribution in [1.82, 2.24) is 10.2 Å². The molecule has 0 aliphatic carbocycles. The second kappa shape index (κ2) is 5.70. The van der Waals surface area contributed by atoms with E-state index in [0.717, 1.165) is 31.5 Å². The molecule has 0 bridgehead atoms. The minimum atomic E-state index is -0.284. The normalized spacial score (nSPS) is 18.1. The summed E-state index contributed by atoms with van der Waals surface area (Å²) in [6.45, 7) is 4.25. The summed E-state index contributed by atoms with van der Waals surface area (Å²) in [5.41, 5.74) is 0.543. The van der Waals surface area contributed by atoms with E-state index < -0.39 is 0 Å². The molecule has 0 saturated carbocycles. The predicted octanol–water partition coefficient (Wildman–Crippen LogP) is 2.17. The molecule has 1 aromatic carbocycles. The van der Waals surface area contributed by atoms with E-state index in [1.165, 1.54) is 12.1 Å². The highest BCUT2D eigenvalue weighted by molar-refractivity contribution is 5.82. The van der Waals surface area contributed by atoms with E-state index in [9.17, 15) is 9.18 Å². The molecule has 1 heterocycles. The van der Waals surface area contributed by atoms with Gasteiger partial charge in [-0.1, -0.05) is 19.1 Å². The first kappa shape index (κ1) is 14.0. The van der Waals surface area contributed by atoms with Crippen LogP contribution in [0, 0.1) is 11.2 Å². The van der Waals surface area contributed by atoms with Crippen LogP contribution in [0.4, 0.5) is 4.39 Å². The molecular weight excluding hydrogens is 243 g/mol. The lowest BCUT2D eigenvalue weighted by Gasteiger charge is -2.36. The van der Waals surface area contributed by atoms with E-state index in [4.69, 9.17) is 0 Å². The molecule has 1 N–H and O–H groups in total. The van der Waals surface area contributed by atoms with Crippen molar-refractivity contribution in [1.29, 1.82) is 0 Å². The van der Waals surface area contributed by atoms with Gasteiger partial charge < -0.3 is 10.2 Å². The van der Waals surface area contributed by atoms with Crippen LogP contribution in [0.1, 0.15) is 25.3 Å². The number of nitrogens with one attached hydrogen (secondary N) is 1. The lowest BCUT2D eigenvalue weighted by Crippen LogP contribution is -2.46. The minimum Gasteiger partial charge on any atom is -0.341 e. The van der Waals surface area contributed by atoms with Crippen molar-refractivity contribution < 1.29 is 9.18 Å². The summed E-state index contributed by atoms with van der Waals surface area (Å²) in [5, 5.41) is 3.27. The van der Waals surface area contributed by atoms with Gasteiger partial charge in [-0.25, -0.2) is 4.39 Å². The number of piperidine rings is 1. The number of carbonyl (C=O) groups excluding carboxylic acids is 1. The molecule has 1 saturated heterocycles. The van der Waals surface area contributed by atoms with E-state index in [1.807, 2.05) is 13.0 Å². The van der Waals surface area contributed by atoms with Crippen LogP contribution in [0.15, 0.2) is 24.3 Å². The summed E-state index contributed by atoms with van der Waals surface area (Å²) in [6.07, 6.45) is 1.72. The second-order valence-corrected chi connectivity index (χ2v) is 5.60. The molecule has 0 aromatic heterocycles. The Kier molecular flexibility index (Phi) is 4.20. The van der Waals surface area contributed by atoms with Crippen molar-refractivity contribution in [3.63, 3.8) is 0 Å². The Labute approximate surface area is 113 Å². The van der Waals surface area contributed by atoms with E-state index in [2.05, 4.69) is 5.32 Å². The molecule has 104 valence electrons. The number of carbonyl (C=O) groups is 1.